The first kappa shape index (κ1) is 11.0. The van der Waals surface area contributed by atoms with Crippen LogP contribution in [0.25, 0.3) is 0 Å². The van der Waals surface area contributed by atoms with E-state index in [4.69, 9.17) is 9.47 Å². The van der Waals surface area contributed by atoms with E-state index in [-0.39, 0.29) is 5.60 Å². The second kappa shape index (κ2) is 3.80. The van der Waals surface area contributed by atoms with Crippen LogP contribution in [0.5, 0.6) is 0 Å². The van der Waals surface area contributed by atoms with Crippen molar-refractivity contribution < 1.29 is 14.6 Å². The zero-order valence-corrected chi connectivity index (χ0v) is 9.58. The van der Waals surface area contributed by atoms with Crippen LogP contribution in [0, 0.1) is 0 Å². The summed E-state index contributed by atoms with van der Waals surface area (Å²) in [7, 11) is 0. The molecule has 3 nitrogen and oxygen atoms in total. The average molecular weight is 212 g/mol. The van der Waals surface area contributed by atoms with Crippen molar-refractivity contribution in [3.05, 3.63) is 11.8 Å². The highest BCUT2D eigenvalue weighted by Gasteiger charge is 2.45. The van der Waals surface area contributed by atoms with Gasteiger partial charge in [0.15, 0.2) is 0 Å². The van der Waals surface area contributed by atoms with Crippen molar-refractivity contribution in [2.45, 2.75) is 50.7 Å². The van der Waals surface area contributed by atoms with Gasteiger partial charge in [0.25, 0.3) is 0 Å². The minimum absolute atomic E-state index is 0.209. The van der Waals surface area contributed by atoms with Gasteiger partial charge in [0.05, 0.1) is 18.8 Å². The number of hydrogen-bond donors (Lipinski definition) is 1. The molecular weight excluding hydrogens is 192 g/mol. The van der Waals surface area contributed by atoms with E-state index in [1.165, 1.54) is 0 Å². The zero-order chi connectivity index (χ0) is 10.9. The standard InChI is InChI=1S/C12H20O3/c1-3-11(2)9-12(13,6-8-15-11)10-5-4-7-14-10/h5,13H,3-4,6-9H2,1-2H3. The molecule has 2 aliphatic heterocycles. The summed E-state index contributed by atoms with van der Waals surface area (Å²) in [5, 5.41) is 10.6. The molecule has 2 atom stereocenters. The highest BCUT2D eigenvalue weighted by atomic mass is 16.5. The van der Waals surface area contributed by atoms with Crippen molar-refractivity contribution in [1.82, 2.24) is 0 Å². The Balaban J connectivity index is 2.14. The average Bonchev–Trinajstić information content (AvgIpc) is 2.71. The molecule has 0 aliphatic carbocycles. The number of aliphatic hydroxyl groups is 1. The molecule has 1 fully saturated rings. The fourth-order valence-corrected chi connectivity index (χ4v) is 2.40. The summed E-state index contributed by atoms with van der Waals surface area (Å²) < 4.78 is 11.2. The maximum absolute atomic E-state index is 10.6. The van der Waals surface area contributed by atoms with Crippen molar-refractivity contribution in [2.24, 2.45) is 0 Å². The molecule has 0 spiro atoms. The summed E-state index contributed by atoms with van der Waals surface area (Å²) in [5.74, 6) is 0.769. The smallest absolute Gasteiger partial charge is 0.126 e. The first-order valence-electron chi connectivity index (χ1n) is 5.78. The van der Waals surface area contributed by atoms with Gasteiger partial charge in [0.2, 0.25) is 0 Å². The number of rotatable bonds is 2. The summed E-state index contributed by atoms with van der Waals surface area (Å²) in [6.07, 6.45) is 5.14. The molecule has 2 rings (SSSR count). The molecule has 15 heavy (non-hydrogen) atoms. The van der Waals surface area contributed by atoms with Gasteiger partial charge < -0.3 is 14.6 Å². The minimum atomic E-state index is -0.792. The molecule has 1 N–H and O–H groups in total. The third-order valence-corrected chi connectivity index (χ3v) is 3.54. The van der Waals surface area contributed by atoms with Crippen molar-refractivity contribution >= 4 is 0 Å². The molecule has 0 amide bonds. The van der Waals surface area contributed by atoms with Crippen molar-refractivity contribution in [2.75, 3.05) is 13.2 Å². The van der Waals surface area contributed by atoms with Crippen molar-refractivity contribution in [1.29, 1.82) is 0 Å². The molecule has 0 saturated carbocycles. The van der Waals surface area contributed by atoms with Crippen LogP contribution in [0.1, 0.15) is 39.5 Å². The molecule has 0 aromatic carbocycles. The van der Waals surface area contributed by atoms with E-state index in [2.05, 4.69) is 13.8 Å². The van der Waals surface area contributed by atoms with Crippen LogP contribution in [-0.4, -0.2) is 29.5 Å². The highest BCUT2D eigenvalue weighted by Crippen LogP contribution is 2.40. The lowest BCUT2D eigenvalue weighted by Gasteiger charge is -2.43. The van der Waals surface area contributed by atoms with Crippen LogP contribution < -0.4 is 0 Å². The lowest BCUT2D eigenvalue weighted by molar-refractivity contribution is -0.151. The lowest BCUT2D eigenvalue weighted by atomic mass is 9.80. The second-order valence-electron chi connectivity index (χ2n) is 4.82. The highest BCUT2D eigenvalue weighted by molar-refractivity contribution is 5.16. The molecule has 2 unspecified atom stereocenters. The van der Waals surface area contributed by atoms with Crippen molar-refractivity contribution in [3.63, 3.8) is 0 Å². The molecule has 1 saturated heterocycles. The first-order valence-corrected chi connectivity index (χ1v) is 5.78. The quantitative estimate of drug-likeness (QED) is 0.761. The Kier molecular flexibility index (Phi) is 2.77. The van der Waals surface area contributed by atoms with Gasteiger partial charge in [0, 0.05) is 19.3 Å². The third kappa shape index (κ3) is 2.04. The molecule has 2 aliphatic rings. The van der Waals surface area contributed by atoms with Gasteiger partial charge in [-0.25, -0.2) is 0 Å². The Bertz CT molecular complexity index is 274. The number of hydrogen-bond acceptors (Lipinski definition) is 3. The van der Waals surface area contributed by atoms with E-state index in [9.17, 15) is 5.11 Å². The summed E-state index contributed by atoms with van der Waals surface area (Å²) in [5.41, 5.74) is -1.00. The Hall–Kier alpha value is -0.540. The zero-order valence-electron chi connectivity index (χ0n) is 9.58. The Morgan fingerprint density at radius 2 is 2.27 bits per heavy atom. The van der Waals surface area contributed by atoms with Crippen LogP contribution in [-0.2, 0) is 9.47 Å². The van der Waals surface area contributed by atoms with E-state index in [0.717, 1.165) is 18.6 Å². The Morgan fingerprint density at radius 1 is 1.47 bits per heavy atom. The van der Waals surface area contributed by atoms with Crippen LogP contribution in [0.15, 0.2) is 11.8 Å². The van der Waals surface area contributed by atoms with E-state index in [1.807, 2.05) is 6.08 Å². The largest absolute Gasteiger partial charge is 0.495 e. The molecule has 3 heteroatoms. The third-order valence-electron chi connectivity index (χ3n) is 3.54. The summed E-state index contributed by atoms with van der Waals surface area (Å²) >= 11 is 0. The van der Waals surface area contributed by atoms with Crippen LogP contribution in [0.4, 0.5) is 0 Å². The van der Waals surface area contributed by atoms with E-state index in [0.29, 0.717) is 26.1 Å². The van der Waals surface area contributed by atoms with Crippen LogP contribution >= 0.6 is 0 Å². The maximum atomic E-state index is 10.6. The number of ether oxygens (including phenoxy) is 2. The summed E-state index contributed by atoms with van der Waals surface area (Å²) in [6, 6.07) is 0. The van der Waals surface area contributed by atoms with Gasteiger partial charge in [-0.3, -0.25) is 0 Å². The van der Waals surface area contributed by atoms with Crippen LogP contribution in [0.2, 0.25) is 0 Å². The molecular formula is C12H20O3. The fourth-order valence-electron chi connectivity index (χ4n) is 2.40. The minimum Gasteiger partial charge on any atom is -0.495 e. The molecule has 0 aromatic rings. The first-order chi connectivity index (χ1) is 7.08. The van der Waals surface area contributed by atoms with E-state index in [1.54, 1.807) is 0 Å². The molecule has 86 valence electrons. The second-order valence-corrected chi connectivity index (χ2v) is 4.82. The predicted molar refractivity (Wildman–Crippen MR) is 57.5 cm³/mol. The predicted octanol–water partition coefficient (Wildman–Crippen LogP) is 2.00. The topological polar surface area (TPSA) is 38.7 Å². The van der Waals surface area contributed by atoms with Gasteiger partial charge in [-0.2, -0.15) is 0 Å². The van der Waals surface area contributed by atoms with Gasteiger partial charge >= 0.3 is 0 Å². The van der Waals surface area contributed by atoms with Gasteiger partial charge in [-0.1, -0.05) is 6.92 Å². The van der Waals surface area contributed by atoms with Gasteiger partial charge in [-0.15, -0.1) is 0 Å². The molecule has 0 radical (unpaired) electrons. The summed E-state index contributed by atoms with van der Waals surface area (Å²) in [4.78, 5) is 0. The van der Waals surface area contributed by atoms with Crippen LogP contribution in [0.3, 0.4) is 0 Å². The van der Waals surface area contributed by atoms with Gasteiger partial charge in [-0.05, 0) is 19.4 Å². The van der Waals surface area contributed by atoms with E-state index < -0.39 is 5.60 Å². The monoisotopic (exact) mass is 212 g/mol. The molecule has 0 bridgehead atoms. The lowest BCUT2D eigenvalue weighted by Crippen LogP contribution is -2.48. The fraction of sp³-hybridized carbons (Fsp3) is 0.833. The maximum Gasteiger partial charge on any atom is 0.126 e. The Morgan fingerprint density at radius 3 is 2.87 bits per heavy atom. The van der Waals surface area contributed by atoms with Gasteiger partial charge in [0.1, 0.15) is 11.4 Å². The SMILES string of the molecule is CCC1(C)CC(O)(C2=CCCO2)CCO1. The van der Waals surface area contributed by atoms with Crippen molar-refractivity contribution in [3.8, 4) is 0 Å². The summed E-state index contributed by atoms with van der Waals surface area (Å²) in [6.45, 7) is 5.48. The Labute approximate surface area is 91.1 Å². The molecule has 0 aromatic heterocycles. The van der Waals surface area contributed by atoms with E-state index >= 15 is 0 Å². The molecule has 2 heterocycles. The normalized spacial score (nSPS) is 41.1.